The Morgan fingerprint density at radius 3 is 2.56 bits per heavy atom. The quantitative estimate of drug-likeness (QED) is 0.515. The van der Waals surface area contributed by atoms with Gasteiger partial charge in [0, 0.05) is 11.6 Å². The molecule has 94 valence electrons. The number of benzene rings is 1. The minimum atomic E-state index is -1.12. The fraction of sp³-hybridized carbons (Fsp3) is 0.154. The maximum Gasteiger partial charge on any atom is 0.328 e. The molecule has 0 amide bonds. The first-order valence-electron chi connectivity index (χ1n) is 5.11. The maximum atomic E-state index is 11.4. The van der Waals surface area contributed by atoms with Crippen LogP contribution in [0, 0.1) is 0 Å². The van der Waals surface area contributed by atoms with Crippen LogP contribution < -0.4 is 0 Å². The zero-order valence-electron chi connectivity index (χ0n) is 9.59. The Bertz CT molecular complexity index is 520. The number of carbonyl (C=O) groups is 3. The zero-order valence-corrected chi connectivity index (χ0v) is 11.2. The molecule has 18 heavy (non-hydrogen) atoms. The van der Waals surface area contributed by atoms with E-state index < -0.39 is 10.8 Å². The lowest BCUT2D eigenvalue weighted by Crippen LogP contribution is -2.05. The average Bonchev–Trinajstić information content (AvgIpc) is 2.34. The third-order valence-corrected chi connectivity index (χ3v) is 3.46. The van der Waals surface area contributed by atoms with Crippen molar-refractivity contribution in [3.05, 3.63) is 41.0 Å². The van der Waals surface area contributed by atoms with Gasteiger partial charge in [-0.15, -0.1) is 0 Å². The molecular weight excluding hydrogens is 300 g/mol. The van der Waals surface area contributed by atoms with E-state index in [1.165, 1.54) is 13.0 Å². The topological polar surface area (TPSA) is 71.4 Å². The second-order valence-corrected chi connectivity index (χ2v) is 4.53. The van der Waals surface area contributed by atoms with E-state index in [1.807, 2.05) is 0 Å². The van der Waals surface area contributed by atoms with Crippen molar-refractivity contribution in [1.29, 1.82) is 0 Å². The van der Waals surface area contributed by atoms with E-state index in [1.54, 1.807) is 18.2 Å². The van der Waals surface area contributed by atoms with Gasteiger partial charge >= 0.3 is 5.97 Å². The summed E-state index contributed by atoms with van der Waals surface area (Å²) in [5.41, 5.74) is 1.35. The average molecular weight is 311 g/mol. The van der Waals surface area contributed by atoms with Crippen molar-refractivity contribution in [2.75, 3.05) is 0 Å². The molecule has 0 aromatic heterocycles. The molecule has 0 saturated carbocycles. The Morgan fingerprint density at radius 1 is 1.39 bits per heavy atom. The number of alkyl halides is 1. The lowest BCUT2D eigenvalue weighted by Gasteiger charge is -2.11. The number of rotatable bonds is 5. The van der Waals surface area contributed by atoms with Crippen LogP contribution in [0.3, 0.4) is 0 Å². The summed E-state index contributed by atoms with van der Waals surface area (Å²) in [7, 11) is 0. The standard InChI is InChI=1S/C13H11BrO4/c1-8(16)13(14)11-4-2-3-9(7-15)10(11)5-6-12(17)18/h2-7,13H,1H3,(H,17,18). The van der Waals surface area contributed by atoms with E-state index in [4.69, 9.17) is 5.11 Å². The van der Waals surface area contributed by atoms with Crippen molar-refractivity contribution in [3.63, 3.8) is 0 Å². The van der Waals surface area contributed by atoms with E-state index in [0.29, 0.717) is 23.0 Å². The molecule has 1 atom stereocenters. The number of carbonyl (C=O) groups excluding carboxylic acids is 2. The van der Waals surface area contributed by atoms with Crippen LogP contribution in [0.4, 0.5) is 0 Å². The molecule has 0 spiro atoms. The van der Waals surface area contributed by atoms with Gasteiger partial charge in [-0.3, -0.25) is 9.59 Å². The van der Waals surface area contributed by atoms with Gasteiger partial charge in [-0.1, -0.05) is 34.1 Å². The highest BCUT2D eigenvalue weighted by Gasteiger charge is 2.17. The number of aldehydes is 1. The smallest absolute Gasteiger partial charge is 0.328 e. The normalized spacial score (nSPS) is 12.3. The van der Waals surface area contributed by atoms with Crippen molar-refractivity contribution >= 4 is 40.0 Å². The Morgan fingerprint density at radius 2 is 2.06 bits per heavy atom. The Hall–Kier alpha value is -1.75. The summed E-state index contributed by atoms with van der Waals surface area (Å²) in [5, 5.41) is 8.62. The van der Waals surface area contributed by atoms with Crippen LogP contribution in [-0.2, 0) is 9.59 Å². The first-order chi connectivity index (χ1) is 8.47. The molecule has 0 aliphatic heterocycles. The molecule has 1 aromatic rings. The Labute approximate surface area is 112 Å². The van der Waals surface area contributed by atoms with Gasteiger partial charge in [-0.25, -0.2) is 4.79 Å². The second kappa shape index (κ2) is 6.26. The van der Waals surface area contributed by atoms with Crippen molar-refractivity contribution < 1.29 is 19.5 Å². The number of aliphatic carboxylic acids is 1. The molecule has 1 unspecified atom stereocenters. The number of halogens is 1. The van der Waals surface area contributed by atoms with Crippen molar-refractivity contribution in [3.8, 4) is 0 Å². The summed E-state index contributed by atoms with van der Waals surface area (Å²) in [6.07, 6.45) is 2.88. The highest BCUT2D eigenvalue weighted by molar-refractivity contribution is 9.09. The highest BCUT2D eigenvalue weighted by atomic mass is 79.9. The second-order valence-electron chi connectivity index (χ2n) is 3.61. The molecule has 0 fully saturated rings. The van der Waals surface area contributed by atoms with E-state index in [-0.39, 0.29) is 5.78 Å². The first kappa shape index (κ1) is 14.3. The van der Waals surface area contributed by atoms with Crippen LogP contribution in [-0.4, -0.2) is 23.1 Å². The van der Waals surface area contributed by atoms with Gasteiger partial charge in [0.05, 0.1) is 4.83 Å². The number of carboxylic acid groups (broad SMARTS) is 1. The Balaban J connectivity index is 3.37. The number of Topliss-reactive ketones (excluding diaryl/α,β-unsaturated/α-hetero) is 1. The van der Waals surface area contributed by atoms with Crippen molar-refractivity contribution in [2.24, 2.45) is 0 Å². The summed E-state index contributed by atoms with van der Waals surface area (Å²) < 4.78 is 0. The van der Waals surface area contributed by atoms with Gasteiger partial charge in [0.25, 0.3) is 0 Å². The van der Waals surface area contributed by atoms with Crippen LogP contribution in [0.5, 0.6) is 0 Å². The maximum absolute atomic E-state index is 11.4. The molecule has 0 saturated heterocycles. The summed E-state index contributed by atoms with van der Waals surface area (Å²) in [6, 6.07) is 4.89. The molecular formula is C13H11BrO4. The van der Waals surface area contributed by atoms with E-state index in [0.717, 1.165) is 6.08 Å². The largest absolute Gasteiger partial charge is 0.478 e. The minimum Gasteiger partial charge on any atom is -0.478 e. The molecule has 4 nitrogen and oxygen atoms in total. The molecule has 0 heterocycles. The molecule has 1 rings (SSSR count). The summed E-state index contributed by atoms with van der Waals surface area (Å²) in [6.45, 7) is 1.41. The van der Waals surface area contributed by atoms with Crippen molar-refractivity contribution in [2.45, 2.75) is 11.8 Å². The summed E-state index contributed by atoms with van der Waals surface area (Å²) in [4.78, 5) is 32.3. The lowest BCUT2D eigenvalue weighted by atomic mass is 9.97. The van der Waals surface area contributed by atoms with E-state index >= 15 is 0 Å². The van der Waals surface area contributed by atoms with Crippen LogP contribution in [0.25, 0.3) is 6.08 Å². The van der Waals surface area contributed by atoms with E-state index in [2.05, 4.69) is 15.9 Å². The van der Waals surface area contributed by atoms with Crippen LogP contribution in [0.15, 0.2) is 24.3 Å². The van der Waals surface area contributed by atoms with E-state index in [9.17, 15) is 14.4 Å². The predicted octanol–water partition coefficient (Wildman–Crippen LogP) is 2.62. The molecule has 0 radical (unpaired) electrons. The molecule has 0 aliphatic rings. The molecule has 1 aromatic carbocycles. The number of carboxylic acids is 1. The third kappa shape index (κ3) is 3.37. The van der Waals surface area contributed by atoms with Gasteiger partial charge < -0.3 is 5.11 Å². The number of hydrogen-bond donors (Lipinski definition) is 1. The third-order valence-electron chi connectivity index (χ3n) is 2.32. The van der Waals surface area contributed by atoms with Gasteiger partial charge in [0.15, 0.2) is 6.29 Å². The lowest BCUT2D eigenvalue weighted by molar-refractivity contribution is -0.131. The zero-order chi connectivity index (χ0) is 13.7. The van der Waals surface area contributed by atoms with Gasteiger partial charge in [-0.05, 0) is 24.1 Å². The van der Waals surface area contributed by atoms with Gasteiger partial charge in [0.2, 0.25) is 0 Å². The summed E-state index contributed by atoms with van der Waals surface area (Å²) in [5.74, 6) is -1.24. The fourth-order valence-electron chi connectivity index (χ4n) is 1.49. The molecule has 5 heteroatoms. The van der Waals surface area contributed by atoms with Crippen LogP contribution in [0.1, 0.15) is 33.2 Å². The number of ketones is 1. The highest BCUT2D eigenvalue weighted by Crippen LogP contribution is 2.29. The summed E-state index contributed by atoms with van der Waals surface area (Å²) >= 11 is 3.22. The molecule has 0 aliphatic carbocycles. The van der Waals surface area contributed by atoms with Gasteiger partial charge in [0.1, 0.15) is 5.78 Å². The number of hydrogen-bond acceptors (Lipinski definition) is 3. The predicted molar refractivity (Wildman–Crippen MR) is 70.8 cm³/mol. The SMILES string of the molecule is CC(=O)C(Br)c1cccc(C=O)c1C=CC(=O)O. The van der Waals surface area contributed by atoms with Crippen molar-refractivity contribution in [1.82, 2.24) is 0 Å². The monoisotopic (exact) mass is 310 g/mol. The Kier molecular flexibility index (Phi) is 4.97. The molecule has 1 N–H and O–H groups in total. The molecule has 0 bridgehead atoms. The first-order valence-corrected chi connectivity index (χ1v) is 6.02. The van der Waals surface area contributed by atoms with Gasteiger partial charge in [-0.2, -0.15) is 0 Å². The van der Waals surface area contributed by atoms with Crippen LogP contribution >= 0.6 is 15.9 Å². The fourth-order valence-corrected chi connectivity index (χ4v) is 1.89. The van der Waals surface area contributed by atoms with Crippen LogP contribution in [0.2, 0.25) is 0 Å². The minimum absolute atomic E-state index is 0.122.